The van der Waals surface area contributed by atoms with Crippen LogP contribution in [0.2, 0.25) is 0 Å². The van der Waals surface area contributed by atoms with Crippen LogP contribution in [0.1, 0.15) is 10.6 Å². The molecule has 0 atom stereocenters. The highest BCUT2D eigenvalue weighted by molar-refractivity contribution is 6.03. The van der Waals surface area contributed by atoms with Gasteiger partial charge in [-0.3, -0.25) is 4.79 Å². The van der Waals surface area contributed by atoms with Crippen molar-refractivity contribution in [3.63, 3.8) is 0 Å². The molecule has 1 aromatic heterocycles. The Kier molecular flexibility index (Phi) is 4.06. The first-order chi connectivity index (χ1) is 10.8. The molecule has 0 bridgehead atoms. The highest BCUT2D eigenvalue weighted by atomic mass is 16.3. The summed E-state index contributed by atoms with van der Waals surface area (Å²) in [5.74, 6) is -0.0813. The third-order valence-corrected chi connectivity index (χ3v) is 2.93. The van der Waals surface area contributed by atoms with Crippen molar-refractivity contribution < 1.29 is 9.21 Å². The average Bonchev–Trinajstić information content (AvgIpc) is 3.10. The zero-order valence-corrected chi connectivity index (χ0v) is 11.6. The number of hydrogen-bond acceptors (Lipinski definition) is 4. The second-order valence-corrected chi connectivity index (χ2v) is 4.48. The van der Waals surface area contributed by atoms with Gasteiger partial charge in [0, 0.05) is 0 Å². The number of amides is 1. The van der Waals surface area contributed by atoms with E-state index in [0.29, 0.717) is 11.4 Å². The zero-order valence-electron chi connectivity index (χ0n) is 11.6. The van der Waals surface area contributed by atoms with Gasteiger partial charge in [-0.25, -0.2) is 0 Å². The highest BCUT2D eigenvalue weighted by Gasteiger charge is 2.10. The van der Waals surface area contributed by atoms with Gasteiger partial charge in [-0.05, 0) is 36.4 Å². The van der Waals surface area contributed by atoms with Gasteiger partial charge in [0.1, 0.15) is 5.69 Å². The van der Waals surface area contributed by atoms with Crippen LogP contribution in [-0.4, -0.2) is 5.91 Å². The maximum atomic E-state index is 12.0. The number of benzene rings is 2. The van der Waals surface area contributed by atoms with Gasteiger partial charge in [0.15, 0.2) is 5.76 Å². The van der Waals surface area contributed by atoms with Gasteiger partial charge in [0.25, 0.3) is 5.91 Å². The number of furan rings is 1. The highest BCUT2D eigenvalue weighted by Crippen LogP contribution is 2.27. The van der Waals surface area contributed by atoms with E-state index in [1.165, 1.54) is 6.26 Å². The molecule has 1 heterocycles. The lowest BCUT2D eigenvalue weighted by Gasteiger charge is -2.05. The van der Waals surface area contributed by atoms with Gasteiger partial charge in [-0.1, -0.05) is 30.3 Å². The van der Waals surface area contributed by atoms with E-state index < -0.39 is 0 Å². The molecular formula is C17H13N3O2. The first kappa shape index (κ1) is 13.8. The van der Waals surface area contributed by atoms with Gasteiger partial charge >= 0.3 is 0 Å². The number of rotatable bonds is 4. The van der Waals surface area contributed by atoms with Crippen molar-refractivity contribution in [2.24, 2.45) is 10.2 Å². The summed E-state index contributed by atoms with van der Waals surface area (Å²) >= 11 is 0. The Morgan fingerprint density at radius 3 is 2.41 bits per heavy atom. The van der Waals surface area contributed by atoms with Gasteiger partial charge in [-0.15, -0.1) is 5.11 Å². The number of nitrogens with one attached hydrogen (secondary N) is 1. The fourth-order valence-electron chi connectivity index (χ4n) is 1.86. The molecular weight excluding hydrogens is 278 g/mol. The average molecular weight is 291 g/mol. The van der Waals surface area contributed by atoms with E-state index in [1.54, 1.807) is 24.3 Å². The van der Waals surface area contributed by atoms with Crippen LogP contribution in [0.15, 0.2) is 87.6 Å². The zero-order chi connectivity index (χ0) is 15.2. The minimum Gasteiger partial charge on any atom is -0.459 e. The summed E-state index contributed by atoms with van der Waals surface area (Å²) in [4.78, 5) is 12.0. The molecule has 5 heteroatoms. The van der Waals surface area contributed by atoms with Gasteiger partial charge < -0.3 is 9.73 Å². The summed E-state index contributed by atoms with van der Waals surface area (Å²) in [7, 11) is 0. The van der Waals surface area contributed by atoms with Crippen LogP contribution in [0.3, 0.4) is 0 Å². The van der Waals surface area contributed by atoms with E-state index in [4.69, 9.17) is 4.42 Å². The summed E-state index contributed by atoms with van der Waals surface area (Å²) in [6.07, 6.45) is 1.45. The number of carbonyl (C=O) groups is 1. The maximum absolute atomic E-state index is 12.0. The van der Waals surface area contributed by atoms with Gasteiger partial charge in [0.05, 0.1) is 17.6 Å². The normalized spacial score (nSPS) is 10.7. The third kappa shape index (κ3) is 3.27. The predicted octanol–water partition coefficient (Wildman–Crippen LogP) is 4.95. The Balaban J connectivity index is 1.81. The molecule has 3 aromatic rings. The summed E-state index contributed by atoms with van der Waals surface area (Å²) < 4.78 is 5.07. The van der Waals surface area contributed by atoms with Crippen LogP contribution in [0.25, 0.3) is 0 Å². The van der Waals surface area contributed by atoms with Gasteiger partial charge in [0.2, 0.25) is 0 Å². The Morgan fingerprint density at radius 2 is 1.64 bits per heavy atom. The lowest BCUT2D eigenvalue weighted by atomic mass is 10.2. The van der Waals surface area contributed by atoms with E-state index >= 15 is 0 Å². The number of azo groups is 1. The molecule has 22 heavy (non-hydrogen) atoms. The number of carbonyl (C=O) groups excluding carboxylic acids is 1. The third-order valence-electron chi connectivity index (χ3n) is 2.93. The van der Waals surface area contributed by atoms with Crippen LogP contribution in [0.5, 0.6) is 0 Å². The fourth-order valence-corrected chi connectivity index (χ4v) is 1.86. The van der Waals surface area contributed by atoms with Crippen molar-refractivity contribution in [2.75, 3.05) is 5.32 Å². The van der Waals surface area contributed by atoms with E-state index in [9.17, 15) is 4.79 Å². The summed E-state index contributed by atoms with van der Waals surface area (Å²) in [5.41, 5.74) is 1.89. The summed E-state index contributed by atoms with van der Waals surface area (Å²) in [6.45, 7) is 0. The minimum atomic E-state index is -0.327. The molecule has 0 spiro atoms. The molecule has 0 fully saturated rings. The standard InChI is InChI=1S/C17H13N3O2/c21-17(16-11-6-12-22-16)18-14-9-4-5-10-15(14)20-19-13-7-2-1-3-8-13/h1-12H,(H,18,21). The van der Waals surface area contributed by atoms with Crippen LogP contribution in [0.4, 0.5) is 17.1 Å². The molecule has 1 N–H and O–H groups in total. The first-order valence-electron chi connectivity index (χ1n) is 6.73. The molecule has 3 rings (SSSR count). The Morgan fingerprint density at radius 1 is 0.864 bits per heavy atom. The molecule has 0 aliphatic carbocycles. The van der Waals surface area contributed by atoms with Crippen molar-refractivity contribution >= 4 is 23.0 Å². The monoisotopic (exact) mass is 291 g/mol. The largest absolute Gasteiger partial charge is 0.459 e. The number of para-hydroxylation sites is 1. The van der Waals surface area contributed by atoms with E-state index in [2.05, 4.69) is 15.5 Å². The Labute approximate surface area is 127 Å². The van der Waals surface area contributed by atoms with Crippen LogP contribution >= 0.6 is 0 Å². The smallest absolute Gasteiger partial charge is 0.291 e. The van der Waals surface area contributed by atoms with Crippen LogP contribution < -0.4 is 5.32 Å². The van der Waals surface area contributed by atoms with Crippen LogP contribution in [0, 0.1) is 0 Å². The fraction of sp³-hybridized carbons (Fsp3) is 0. The molecule has 0 unspecified atom stereocenters. The lowest BCUT2D eigenvalue weighted by molar-refractivity contribution is 0.0996. The molecule has 108 valence electrons. The van der Waals surface area contributed by atoms with Crippen molar-refractivity contribution in [1.82, 2.24) is 0 Å². The molecule has 0 radical (unpaired) electrons. The second kappa shape index (κ2) is 6.49. The van der Waals surface area contributed by atoms with E-state index in [1.807, 2.05) is 42.5 Å². The SMILES string of the molecule is O=C(Nc1ccccc1N=Nc1ccccc1)c1ccco1. The number of nitrogens with zero attached hydrogens (tertiary/aromatic N) is 2. The van der Waals surface area contributed by atoms with Crippen molar-refractivity contribution in [3.8, 4) is 0 Å². The van der Waals surface area contributed by atoms with E-state index in [0.717, 1.165) is 5.69 Å². The molecule has 0 aliphatic heterocycles. The molecule has 1 amide bonds. The van der Waals surface area contributed by atoms with E-state index in [-0.39, 0.29) is 11.7 Å². The number of hydrogen-bond donors (Lipinski definition) is 1. The summed E-state index contributed by atoms with van der Waals surface area (Å²) in [6, 6.07) is 19.9. The number of anilines is 1. The lowest BCUT2D eigenvalue weighted by Crippen LogP contribution is -2.10. The maximum Gasteiger partial charge on any atom is 0.291 e. The Hall–Kier alpha value is -3.21. The topological polar surface area (TPSA) is 67.0 Å². The molecule has 2 aromatic carbocycles. The second-order valence-electron chi connectivity index (χ2n) is 4.48. The molecule has 0 aliphatic rings. The predicted molar refractivity (Wildman–Crippen MR) is 83.7 cm³/mol. The molecule has 0 saturated heterocycles. The molecule has 5 nitrogen and oxygen atoms in total. The Bertz CT molecular complexity index is 781. The quantitative estimate of drug-likeness (QED) is 0.691. The van der Waals surface area contributed by atoms with Crippen molar-refractivity contribution in [2.45, 2.75) is 0 Å². The molecule has 0 saturated carbocycles. The van der Waals surface area contributed by atoms with Crippen molar-refractivity contribution in [3.05, 3.63) is 78.8 Å². The van der Waals surface area contributed by atoms with Crippen molar-refractivity contribution in [1.29, 1.82) is 0 Å². The first-order valence-corrected chi connectivity index (χ1v) is 6.73. The summed E-state index contributed by atoms with van der Waals surface area (Å²) in [5, 5.41) is 11.1. The van der Waals surface area contributed by atoms with Crippen LogP contribution in [-0.2, 0) is 0 Å². The minimum absolute atomic E-state index is 0.245. The van der Waals surface area contributed by atoms with Gasteiger partial charge in [-0.2, -0.15) is 5.11 Å².